The molecule has 6 nitrogen and oxygen atoms in total. The number of nitrogens with zero attached hydrogens (tertiary/aromatic N) is 4. The van der Waals surface area contributed by atoms with Crippen LogP contribution in [0.5, 0.6) is 0 Å². The van der Waals surface area contributed by atoms with E-state index in [0.29, 0.717) is 17.5 Å². The van der Waals surface area contributed by atoms with Crippen LogP contribution in [0.2, 0.25) is 0 Å². The molecule has 0 spiro atoms. The molecule has 1 aliphatic heterocycles. The van der Waals surface area contributed by atoms with Crippen molar-refractivity contribution in [2.45, 2.75) is 18.1 Å². The van der Waals surface area contributed by atoms with Gasteiger partial charge in [-0.15, -0.1) is 10.2 Å². The van der Waals surface area contributed by atoms with Gasteiger partial charge in [0.15, 0.2) is 5.16 Å². The summed E-state index contributed by atoms with van der Waals surface area (Å²) in [6, 6.07) is 11.8. The monoisotopic (exact) mass is 340 g/mol. The van der Waals surface area contributed by atoms with Gasteiger partial charge in [0.2, 0.25) is 5.91 Å². The third-order valence-corrected chi connectivity index (χ3v) is 4.96. The van der Waals surface area contributed by atoms with E-state index in [-0.39, 0.29) is 5.91 Å². The van der Waals surface area contributed by atoms with Gasteiger partial charge in [0.25, 0.3) is 0 Å². The zero-order valence-electron chi connectivity index (χ0n) is 13.0. The number of amides is 1. The first-order chi connectivity index (χ1) is 11.8. The molecule has 0 bridgehead atoms. The van der Waals surface area contributed by atoms with Crippen LogP contribution in [0.1, 0.15) is 11.3 Å². The zero-order chi connectivity index (χ0) is 16.4. The number of furan rings is 1. The van der Waals surface area contributed by atoms with Crippen molar-refractivity contribution in [3.05, 3.63) is 60.3 Å². The van der Waals surface area contributed by atoms with E-state index < -0.39 is 0 Å². The van der Waals surface area contributed by atoms with E-state index >= 15 is 0 Å². The van der Waals surface area contributed by atoms with E-state index in [1.165, 1.54) is 17.3 Å². The summed E-state index contributed by atoms with van der Waals surface area (Å²) in [4.78, 5) is 14.4. The Hall–Kier alpha value is -2.54. The number of benzene rings is 1. The van der Waals surface area contributed by atoms with Crippen molar-refractivity contribution in [2.75, 3.05) is 17.2 Å². The van der Waals surface area contributed by atoms with E-state index in [0.717, 1.165) is 24.4 Å². The molecule has 0 saturated heterocycles. The summed E-state index contributed by atoms with van der Waals surface area (Å²) in [6.07, 6.45) is 4.21. The lowest BCUT2D eigenvalue weighted by atomic mass is 10.2. The molecule has 4 rings (SSSR count). The molecule has 1 amide bonds. The second-order valence-corrected chi connectivity index (χ2v) is 6.48. The molecule has 3 heterocycles. The van der Waals surface area contributed by atoms with Gasteiger partial charge in [0, 0.05) is 12.2 Å². The lowest BCUT2D eigenvalue weighted by Crippen LogP contribution is -2.30. The number of fused-ring (bicyclic) bond motifs is 1. The van der Waals surface area contributed by atoms with E-state index in [4.69, 9.17) is 4.42 Å². The van der Waals surface area contributed by atoms with Crippen LogP contribution in [0.25, 0.3) is 0 Å². The van der Waals surface area contributed by atoms with Gasteiger partial charge < -0.3 is 13.9 Å². The number of carbonyl (C=O) groups excluding carboxylic acids is 1. The van der Waals surface area contributed by atoms with Gasteiger partial charge in [0.1, 0.15) is 12.1 Å². The normalized spacial score (nSPS) is 13.2. The molecule has 0 fully saturated rings. The Balaban J connectivity index is 1.41. The highest BCUT2D eigenvalue weighted by atomic mass is 32.2. The summed E-state index contributed by atoms with van der Waals surface area (Å²) in [5.41, 5.74) is 2.26. The highest BCUT2D eigenvalue weighted by molar-refractivity contribution is 7.99. The van der Waals surface area contributed by atoms with Crippen LogP contribution in [0.4, 0.5) is 5.69 Å². The van der Waals surface area contributed by atoms with E-state index in [1.807, 2.05) is 39.8 Å². The Labute approximate surface area is 143 Å². The predicted molar refractivity (Wildman–Crippen MR) is 91.1 cm³/mol. The standard InChI is InChI=1S/C17H16N4O2S/c22-16(21-8-7-13-4-1-2-6-15(13)21)11-24-17-19-18-12-20(17)10-14-5-3-9-23-14/h1-6,9,12H,7-8,10-11H2. The molecule has 122 valence electrons. The van der Waals surface area contributed by atoms with Crippen LogP contribution >= 0.6 is 11.8 Å². The van der Waals surface area contributed by atoms with Crippen LogP contribution in [-0.4, -0.2) is 33.0 Å². The number of hydrogen-bond acceptors (Lipinski definition) is 5. The number of carbonyl (C=O) groups is 1. The van der Waals surface area contributed by atoms with Crippen LogP contribution in [-0.2, 0) is 17.8 Å². The fourth-order valence-corrected chi connectivity index (χ4v) is 3.63. The summed E-state index contributed by atoms with van der Waals surface area (Å²) >= 11 is 1.40. The highest BCUT2D eigenvalue weighted by Gasteiger charge is 2.24. The number of aromatic nitrogens is 3. The Bertz CT molecular complexity index is 844. The molecule has 0 saturated carbocycles. The van der Waals surface area contributed by atoms with Crippen LogP contribution in [0.15, 0.2) is 58.6 Å². The number of para-hydroxylation sites is 1. The van der Waals surface area contributed by atoms with Crippen molar-refractivity contribution in [1.82, 2.24) is 14.8 Å². The largest absolute Gasteiger partial charge is 0.467 e. The number of hydrogen-bond donors (Lipinski definition) is 0. The number of anilines is 1. The lowest BCUT2D eigenvalue weighted by Gasteiger charge is -2.16. The first kappa shape index (κ1) is 15.0. The molecule has 3 aromatic rings. The summed E-state index contributed by atoms with van der Waals surface area (Å²) in [5, 5.41) is 8.76. The van der Waals surface area contributed by atoms with Crippen molar-refractivity contribution >= 4 is 23.4 Å². The molecule has 0 aliphatic carbocycles. The van der Waals surface area contributed by atoms with Gasteiger partial charge in [-0.05, 0) is 30.2 Å². The molecular formula is C17H16N4O2S. The van der Waals surface area contributed by atoms with Gasteiger partial charge in [-0.25, -0.2) is 0 Å². The third kappa shape index (κ3) is 2.94. The summed E-state index contributed by atoms with van der Waals surface area (Å²) < 4.78 is 7.23. The SMILES string of the molecule is O=C(CSc1nncn1Cc1ccco1)N1CCc2ccccc21. The van der Waals surface area contributed by atoms with Crippen molar-refractivity contribution in [3.63, 3.8) is 0 Å². The smallest absolute Gasteiger partial charge is 0.237 e. The maximum absolute atomic E-state index is 12.6. The van der Waals surface area contributed by atoms with Crippen molar-refractivity contribution in [1.29, 1.82) is 0 Å². The number of thioether (sulfide) groups is 1. The van der Waals surface area contributed by atoms with E-state index in [2.05, 4.69) is 16.3 Å². The topological polar surface area (TPSA) is 64.2 Å². The van der Waals surface area contributed by atoms with Crippen LogP contribution < -0.4 is 4.90 Å². The predicted octanol–water partition coefficient (Wildman–Crippen LogP) is 2.60. The van der Waals surface area contributed by atoms with Gasteiger partial charge >= 0.3 is 0 Å². The molecule has 2 aromatic heterocycles. The minimum absolute atomic E-state index is 0.0949. The first-order valence-corrected chi connectivity index (χ1v) is 8.71. The Morgan fingerprint density at radius 2 is 2.17 bits per heavy atom. The lowest BCUT2D eigenvalue weighted by molar-refractivity contribution is -0.116. The van der Waals surface area contributed by atoms with Gasteiger partial charge in [-0.2, -0.15) is 0 Å². The van der Waals surface area contributed by atoms with Crippen molar-refractivity contribution in [2.24, 2.45) is 0 Å². The van der Waals surface area contributed by atoms with Crippen molar-refractivity contribution in [3.8, 4) is 0 Å². The Morgan fingerprint density at radius 3 is 3.04 bits per heavy atom. The molecule has 0 atom stereocenters. The van der Waals surface area contributed by atoms with Crippen LogP contribution in [0, 0.1) is 0 Å². The molecule has 0 unspecified atom stereocenters. The van der Waals surface area contributed by atoms with Crippen molar-refractivity contribution < 1.29 is 9.21 Å². The first-order valence-electron chi connectivity index (χ1n) is 7.72. The maximum Gasteiger partial charge on any atom is 0.237 e. The molecular weight excluding hydrogens is 324 g/mol. The van der Waals surface area contributed by atoms with Gasteiger partial charge in [-0.1, -0.05) is 30.0 Å². The van der Waals surface area contributed by atoms with Gasteiger partial charge in [-0.3, -0.25) is 4.79 Å². The molecule has 1 aromatic carbocycles. The summed E-state index contributed by atoms with van der Waals surface area (Å²) in [5.74, 6) is 1.26. The highest BCUT2D eigenvalue weighted by Crippen LogP contribution is 2.28. The minimum Gasteiger partial charge on any atom is -0.467 e. The average molecular weight is 340 g/mol. The molecule has 0 radical (unpaired) electrons. The minimum atomic E-state index is 0.0949. The molecule has 7 heteroatoms. The Kier molecular flexibility index (Phi) is 4.08. The summed E-state index contributed by atoms with van der Waals surface area (Å²) in [6.45, 7) is 1.31. The number of rotatable bonds is 5. The second-order valence-electron chi connectivity index (χ2n) is 5.53. The molecule has 0 N–H and O–H groups in total. The molecule has 1 aliphatic rings. The summed E-state index contributed by atoms with van der Waals surface area (Å²) in [7, 11) is 0. The van der Waals surface area contributed by atoms with E-state index in [1.54, 1.807) is 12.6 Å². The maximum atomic E-state index is 12.6. The molecule has 24 heavy (non-hydrogen) atoms. The second kappa shape index (κ2) is 6.52. The Morgan fingerprint density at radius 1 is 1.25 bits per heavy atom. The van der Waals surface area contributed by atoms with E-state index in [9.17, 15) is 4.79 Å². The average Bonchev–Trinajstić information content (AvgIpc) is 3.34. The van der Waals surface area contributed by atoms with Gasteiger partial charge in [0.05, 0.1) is 18.6 Å². The third-order valence-electron chi connectivity index (χ3n) is 4.00. The fraction of sp³-hybridized carbons (Fsp3) is 0.235. The fourth-order valence-electron chi connectivity index (χ4n) is 2.84. The zero-order valence-corrected chi connectivity index (χ0v) is 13.8. The quantitative estimate of drug-likeness (QED) is 0.668. The van der Waals surface area contributed by atoms with Crippen LogP contribution in [0.3, 0.4) is 0 Å².